The van der Waals surface area contributed by atoms with E-state index in [1.54, 1.807) is 6.07 Å². The molecule has 0 aromatic heterocycles. The highest BCUT2D eigenvalue weighted by Crippen LogP contribution is 2.49. The van der Waals surface area contributed by atoms with Crippen molar-refractivity contribution in [2.24, 2.45) is 5.92 Å². The molecule has 0 aliphatic heterocycles. The molecule has 1 atom stereocenters. The van der Waals surface area contributed by atoms with Crippen molar-refractivity contribution < 1.29 is 35.8 Å². The van der Waals surface area contributed by atoms with E-state index in [-0.39, 0.29) is 11.5 Å². The van der Waals surface area contributed by atoms with Gasteiger partial charge in [0.2, 0.25) is 0 Å². The number of alkyl halides is 7. The minimum atomic E-state index is -6.40. The van der Waals surface area contributed by atoms with Gasteiger partial charge in [-0.15, -0.1) is 0 Å². The van der Waals surface area contributed by atoms with Crippen molar-refractivity contribution in [3.8, 4) is 0 Å². The zero-order chi connectivity index (χ0) is 18.1. The Kier molecular flexibility index (Phi) is 5.72. The van der Waals surface area contributed by atoms with Gasteiger partial charge in [-0.25, -0.2) is 0 Å². The van der Waals surface area contributed by atoms with Crippen LogP contribution in [0.2, 0.25) is 0 Å². The Morgan fingerprint density at radius 3 is 1.96 bits per heavy atom. The molecule has 1 rings (SSSR count). The molecule has 0 saturated heterocycles. The fourth-order valence-corrected chi connectivity index (χ4v) is 2.17. The van der Waals surface area contributed by atoms with Gasteiger partial charge in [0.1, 0.15) is 0 Å². The topological polar surface area (TPSA) is 20.2 Å². The van der Waals surface area contributed by atoms with E-state index in [0.29, 0.717) is 12.0 Å². The molecule has 0 aliphatic rings. The van der Waals surface area contributed by atoms with E-state index in [1.165, 1.54) is 18.2 Å². The van der Waals surface area contributed by atoms with E-state index in [1.807, 2.05) is 13.8 Å². The average Bonchev–Trinajstić information content (AvgIpc) is 2.36. The second kappa shape index (κ2) is 6.67. The molecule has 1 aromatic carbocycles. The largest absolute Gasteiger partial charge is 0.459 e. The van der Waals surface area contributed by atoms with Crippen LogP contribution in [0.25, 0.3) is 0 Å². The Bertz CT molecular complexity index is 523. The molecule has 0 spiro atoms. The lowest BCUT2D eigenvalue weighted by molar-refractivity contribution is -0.358. The van der Waals surface area contributed by atoms with E-state index in [4.69, 9.17) is 0 Å². The highest BCUT2D eigenvalue weighted by Gasteiger charge is 2.72. The highest BCUT2D eigenvalue weighted by molar-refractivity contribution is 5.29. The van der Waals surface area contributed by atoms with E-state index < -0.39 is 30.5 Å². The summed E-state index contributed by atoms with van der Waals surface area (Å²) in [6.45, 7) is 3.63. The van der Waals surface area contributed by atoms with Gasteiger partial charge in [-0.1, -0.05) is 38.1 Å². The Labute approximate surface area is 129 Å². The number of aliphatic hydroxyl groups excluding tert-OH is 1. The molecule has 8 heteroatoms. The van der Waals surface area contributed by atoms with Crippen LogP contribution in [-0.4, -0.2) is 23.1 Å². The summed E-state index contributed by atoms with van der Waals surface area (Å²) in [4.78, 5) is 0. The first-order chi connectivity index (χ1) is 10.3. The van der Waals surface area contributed by atoms with Crippen LogP contribution in [0.3, 0.4) is 0 Å². The first-order valence-corrected chi connectivity index (χ1v) is 6.88. The number of benzene rings is 1. The van der Waals surface area contributed by atoms with Crippen molar-refractivity contribution in [3.63, 3.8) is 0 Å². The minimum absolute atomic E-state index is 0.0705. The Hall–Kier alpha value is -1.31. The summed E-state index contributed by atoms with van der Waals surface area (Å²) in [5.74, 6) is -11.6. The summed E-state index contributed by atoms with van der Waals surface area (Å²) in [6, 6.07) is 5.71. The van der Waals surface area contributed by atoms with E-state index >= 15 is 0 Å². The molecule has 1 unspecified atom stereocenters. The lowest BCUT2D eigenvalue weighted by Gasteiger charge is -2.30. The maximum atomic E-state index is 13.4. The Balaban J connectivity index is 3.06. The maximum absolute atomic E-state index is 13.4. The summed E-state index contributed by atoms with van der Waals surface area (Å²) < 4.78 is 89.0. The van der Waals surface area contributed by atoms with Crippen LogP contribution in [0.4, 0.5) is 30.7 Å². The Morgan fingerprint density at radius 2 is 1.48 bits per heavy atom. The van der Waals surface area contributed by atoms with Crippen LogP contribution in [0, 0.1) is 5.92 Å². The fourth-order valence-electron chi connectivity index (χ4n) is 2.17. The second-order valence-electron chi connectivity index (χ2n) is 5.79. The molecule has 0 saturated carbocycles. The monoisotopic (exact) mass is 346 g/mol. The van der Waals surface area contributed by atoms with Crippen molar-refractivity contribution in [1.29, 1.82) is 0 Å². The molecular formula is C15H17F7O. The molecule has 1 aromatic rings. The molecule has 0 heterocycles. The molecule has 0 radical (unpaired) electrons. The molecule has 23 heavy (non-hydrogen) atoms. The lowest BCUT2D eigenvalue weighted by Crippen LogP contribution is -2.52. The van der Waals surface area contributed by atoms with Gasteiger partial charge in [-0.3, -0.25) is 0 Å². The number of aliphatic hydroxyl groups is 1. The standard InChI is InChI=1S/C15H17F7O/c1-9(2)7-10-5-3-4-6-11(10)12(23)8-13(16,17)14(18,19)15(20,21)22/h3-6,9,12,23H,7-8H2,1-2H3. The van der Waals surface area contributed by atoms with Gasteiger partial charge in [-0.05, 0) is 23.5 Å². The first-order valence-electron chi connectivity index (χ1n) is 6.88. The average molecular weight is 346 g/mol. The van der Waals surface area contributed by atoms with Crippen molar-refractivity contribution in [2.45, 2.75) is 50.8 Å². The van der Waals surface area contributed by atoms with Gasteiger partial charge in [0, 0.05) is 6.42 Å². The third kappa shape index (κ3) is 4.37. The molecule has 0 fully saturated rings. The smallest absolute Gasteiger partial charge is 0.388 e. The third-order valence-electron chi connectivity index (χ3n) is 3.31. The Morgan fingerprint density at radius 1 is 0.957 bits per heavy atom. The zero-order valence-electron chi connectivity index (χ0n) is 12.5. The minimum Gasteiger partial charge on any atom is -0.388 e. The van der Waals surface area contributed by atoms with Crippen LogP contribution in [0.1, 0.15) is 37.5 Å². The molecule has 0 bridgehead atoms. The second-order valence-corrected chi connectivity index (χ2v) is 5.79. The van der Waals surface area contributed by atoms with Gasteiger partial charge >= 0.3 is 18.0 Å². The van der Waals surface area contributed by atoms with Crippen molar-refractivity contribution in [3.05, 3.63) is 35.4 Å². The fraction of sp³-hybridized carbons (Fsp3) is 0.600. The summed E-state index contributed by atoms with van der Waals surface area (Å²) >= 11 is 0. The van der Waals surface area contributed by atoms with Gasteiger partial charge in [-0.2, -0.15) is 30.7 Å². The van der Waals surface area contributed by atoms with Gasteiger partial charge < -0.3 is 5.11 Å². The van der Waals surface area contributed by atoms with Gasteiger partial charge in [0.25, 0.3) is 0 Å². The summed E-state index contributed by atoms with van der Waals surface area (Å²) in [5.41, 5.74) is 0.361. The molecule has 0 aliphatic carbocycles. The van der Waals surface area contributed by atoms with Crippen molar-refractivity contribution >= 4 is 0 Å². The normalized spacial score (nSPS) is 15.1. The van der Waals surface area contributed by atoms with Crippen LogP contribution in [-0.2, 0) is 6.42 Å². The van der Waals surface area contributed by atoms with Crippen LogP contribution in [0.5, 0.6) is 0 Å². The molecule has 1 N–H and O–H groups in total. The van der Waals surface area contributed by atoms with E-state index in [0.717, 1.165) is 0 Å². The van der Waals surface area contributed by atoms with Crippen LogP contribution in [0.15, 0.2) is 24.3 Å². The van der Waals surface area contributed by atoms with Crippen LogP contribution >= 0.6 is 0 Å². The number of rotatable bonds is 6. The summed E-state index contributed by atoms with van der Waals surface area (Å²) in [5, 5.41) is 9.80. The quantitative estimate of drug-likeness (QED) is 0.707. The van der Waals surface area contributed by atoms with E-state index in [2.05, 4.69) is 0 Å². The molecular weight excluding hydrogens is 329 g/mol. The zero-order valence-corrected chi connectivity index (χ0v) is 12.5. The van der Waals surface area contributed by atoms with Crippen molar-refractivity contribution in [1.82, 2.24) is 0 Å². The SMILES string of the molecule is CC(C)Cc1ccccc1C(O)CC(F)(F)C(F)(F)C(F)(F)F. The third-order valence-corrected chi connectivity index (χ3v) is 3.31. The molecule has 0 amide bonds. The maximum Gasteiger partial charge on any atom is 0.459 e. The summed E-state index contributed by atoms with van der Waals surface area (Å²) in [6.07, 6.45) is -10.2. The predicted molar refractivity (Wildman–Crippen MR) is 70.5 cm³/mol. The number of hydrogen-bond acceptors (Lipinski definition) is 1. The predicted octanol–water partition coefficient (Wildman–Crippen LogP) is 5.14. The molecule has 132 valence electrons. The van der Waals surface area contributed by atoms with Crippen molar-refractivity contribution in [2.75, 3.05) is 0 Å². The lowest BCUT2D eigenvalue weighted by atomic mass is 9.91. The number of halogens is 7. The highest BCUT2D eigenvalue weighted by atomic mass is 19.4. The molecule has 1 nitrogen and oxygen atoms in total. The van der Waals surface area contributed by atoms with Gasteiger partial charge in [0.15, 0.2) is 0 Å². The van der Waals surface area contributed by atoms with E-state index in [9.17, 15) is 35.8 Å². The van der Waals surface area contributed by atoms with Gasteiger partial charge in [0.05, 0.1) is 6.10 Å². The van der Waals surface area contributed by atoms with Crippen LogP contribution < -0.4 is 0 Å². The first kappa shape index (κ1) is 19.7. The summed E-state index contributed by atoms with van der Waals surface area (Å²) in [7, 11) is 0. The number of hydrogen-bond donors (Lipinski definition) is 1.